The Kier molecular flexibility index (Phi) is 45.8. The van der Waals surface area contributed by atoms with Gasteiger partial charge in [-0.1, -0.05) is 252 Å². The Morgan fingerprint density at radius 2 is 0.474 bits per heavy atom. The van der Waals surface area contributed by atoms with Crippen LogP contribution in [0.15, 0.2) is 0 Å². The van der Waals surface area contributed by atoms with Gasteiger partial charge in [-0.3, -0.25) is 14.4 Å². The number of rotatable bonds is 47. The highest BCUT2D eigenvalue weighted by Gasteiger charge is 2.19. The van der Waals surface area contributed by atoms with E-state index in [1.54, 1.807) is 0 Å². The largest absolute Gasteiger partial charge is 0.462 e. The molecule has 0 spiro atoms. The smallest absolute Gasteiger partial charge is 0.306 e. The van der Waals surface area contributed by atoms with Crippen molar-refractivity contribution >= 4 is 17.9 Å². The minimum absolute atomic E-state index is 0.0622. The van der Waals surface area contributed by atoms with Gasteiger partial charge in [0.25, 0.3) is 0 Å². The summed E-state index contributed by atoms with van der Waals surface area (Å²) in [5.74, 6) is -0.848. The van der Waals surface area contributed by atoms with Gasteiger partial charge in [-0.05, 0) is 19.3 Å². The van der Waals surface area contributed by atoms with Crippen molar-refractivity contribution in [3.8, 4) is 0 Å². The van der Waals surface area contributed by atoms with Crippen LogP contribution in [0.1, 0.15) is 290 Å². The fraction of sp³-hybridized carbons (Fsp3) is 0.941. The van der Waals surface area contributed by atoms with Crippen LogP contribution in [-0.4, -0.2) is 37.2 Å². The van der Waals surface area contributed by atoms with Gasteiger partial charge >= 0.3 is 17.9 Å². The number of ether oxygens (including phenoxy) is 3. The molecule has 1 unspecified atom stereocenters. The van der Waals surface area contributed by atoms with E-state index in [1.165, 1.54) is 193 Å². The normalized spacial score (nSPS) is 11.8. The van der Waals surface area contributed by atoms with Crippen molar-refractivity contribution in [1.29, 1.82) is 0 Å². The third kappa shape index (κ3) is 45.3. The topological polar surface area (TPSA) is 78.9 Å². The summed E-state index contributed by atoms with van der Waals surface area (Å²) >= 11 is 0. The molecule has 0 saturated heterocycles. The molecule has 0 heterocycles. The van der Waals surface area contributed by atoms with Gasteiger partial charge < -0.3 is 14.2 Å². The third-order valence-corrected chi connectivity index (χ3v) is 11.6. The number of hydrogen-bond donors (Lipinski definition) is 0. The predicted molar refractivity (Wildman–Crippen MR) is 243 cm³/mol. The van der Waals surface area contributed by atoms with Crippen LogP contribution >= 0.6 is 0 Å². The molecule has 0 saturated carbocycles. The molecule has 0 N–H and O–H groups in total. The van der Waals surface area contributed by atoms with E-state index in [4.69, 9.17) is 14.2 Å². The molecule has 0 amide bonds. The highest BCUT2D eigenvalue weighted by Crippen LogP contribution is 2.17. The monoisotopic (exact) mass is 807 g/mol. The second-order valence-corrected chi connectivity index (χ2v) is 17.5. The first-order valence-corrected chi connectivity index (χ1v) is 25.5. The van der Waals surface area contributed by atoms with Crippen LogP contribution in [0.4, 0.5) is 0 Å². The van der Waals surface area contributed by atoms with E-state index in [9.17, 15) is 14.4 Å². The van der Waals surface area contributed by atoms with Crippen LogP contribution in [0, 0.1) is 0 Å². The third-order valence-electron chi connectivity index (χ3n) is 11.6. The molecule has 57 heavy (non-hydrogen) atoms. The summed E-state index contributed by atoms with van der Waals surface area (Å²) in [4.78, 5) is 37.8. The lowest BCUT2D eigenvalue weighted by Crippen LogP contribution is -2.30. The summed E-state index contributed by atoms with van der Waals surface area (Å²) in [6.45, 7) is 6.65. The van der Waals surface area contributed by atoms with Gasteiger partial charge in [0.05, 0.1) is 0 Å². The van der Waals surface area contributed by atoms with E-state index in [0.29, 0.717) is 19.3 Å². The molecule has 338 valence electrons. The fourth-order valence-corrected chi connectivity index (χ4v) is 7.74. The molecule has 0 aliphatic heterocycles. The molecule has 0 aromatic heterocycles. The second kappa shape index (κ2) is 47.1. The van der Waals surface area contributed by atoms with Gasteiger partial charge in [0, 0.05) is 19.3 Å². The lowest BCUT2D eigenvalue weighted by Gasteiger charge is -2.18. The van der Waals surface area contributed by atoms with Crippen LogP contribution in [0.25, 0.3) is 0 Å². The van der Waals surface area contributed by atoms with E-state index in [2.05, 4.69) is 20.8 Å². The van der Waals surface area contributed by atoms with Crippen LogP contribution in [0.2, 0.25) is 0 Å². The van der Waals surface area contributed by atoms with Crippen molar-refractivity contribution in [2.45, 2.75) is 297 Å². The summed E-state index contributed by atoms with van der Waals surface area (Å²) in [7, 11) is 0. The first kappa shape index (κ1) is 55.4. The van der Waals surface area contributed by atoms with Gasteiger partial charge in [0.1, 0.15) is 13.2 Å². The molecular formula is C51H98O6. The van der Waals surface area contributed by atoms with Crippen molar-refractivity contribution in [1.82, 2.24) is 0 Å². The molecule has 0 fully saturated rings. The molecular weight excluding hydrogens is 709 g/mol. The van der Waals surface area contributed by atoms with E-state index in [-0.39, 0.29) is 31.1 Å². The number of esters is 3. The Bertz CT molecular complexity index is 844. The van der Waals surface area contributed by atoms with Crippen molar-refractivity contribution in [2.24, 2.45) is 0 Å². The summed E-state index contributed by atoms with van der Waals surface area (Å²) < 4.78 is 16.7. The summed E-state index contributed by atoms with van der Waals surface area (Å²) in [5.41, 5.74) is 0. The minimum atomic E-state index is -0.758. The summed E-state index contributed by atoms with van der Waals surface area (Å²) in [6, 6.07) is 0. The fourth-order valence-electron chi connectivity index (χ4n) is 7.74. The predicted octanol–water partition coefficient (Wildman–Crippen LogP) is 16.4. The molecule has 6 nitrogen and oxygen atoms in total. The Labute approximate surface area is 355 Å². The highest BCUT2D eigenvalue weighted by atomic mass is 16.6. The van der Waals surface area contributed by atoms with Crippen molar-refractivity contribution in [3.63, 3.8) is 0 Å². The first-order valence-electron chi connectivity index (χ1n) is 25.5. The Hall–Kier alpha value is -1.59. The van der Waals surface area contributed by atoms with E-state index >= 15 is 0 Å². The maximum absolute atomic E-state index is 12.7. The Balaban J connectivity index is 4.20. The summed E-state index contributed by atoms with van der Waals surface area (Å²) in [5, 5.41) is 0. The molecule has 0 aliphatic carbocycles. The molecule has 0 rings (SSSR count). The van der Waals surface area contributed by atoms with Crippen molar-refractivity contribution in [3.05, 3.63) is 0 Å². The van der Waals surface area contributed by atoms with Gasteiger partial charge in [0.15, 0.2) is 6.10 Å². The number of carbonyl (C=O) groups excluding carboxylic acids is 3. The van der Waals surface area contributed by atoms with E-state index < -0.39 is 6.10 Å². The zero-order chi connectivity index (χ0) is 41.5. The van der Waals surface area contributed by atoms with Gasteiger partial charge in [-0.2, -0.15) is 0 Å². The zero-order valence-electron chi connectivity index (χ0n) is 38.6. The van der Waals surface area contributed by atoms with E-state index in [1.807, 2.05) is 0 Å². The maximum Gasteiger partial charge on any atom is 0.306 e. The van der Waals surface area contributed by atoms with Gasteiger partial charge in [-0.15, -0.1) is 0 Å². The minimum Gasteiger partial charge on any atom is -0.462 e. The molecule has 0 aliphatic rings. The molecule has 1 atom stereocenters. The van der Waals surface area contributed by atoms with Crippen molar-refractivity contribution < 1.29 is 28.6 Å². The Morgan fingerprint density at radius 1 is 0.281 bits per heavy atom. The van der Waals surface area contributed by atoms with Crippen molar-refractivity contribution in [2.75, 3.05) is 13.2 Å². The molecule has 0 aromatic rings. The van der Waals surface area contributed by atoms with Crippen LogP contribution in [-0.2, 0) is 28.6 Å². The Morgan fingerprint density at radius 3 is 0.702 bits per heavy atom. The summed E-state index contributed by atoms with van der Waals surface area (Å²) in [6.07, 6.45) is 49.5. The number of unbranched alkanes of at least 4 members (excludes halogenated alkanes) is 36. The van der Waals surface area contributed by atoms with E-state index in [0.717, 1.165) is 57.8 Å². The van der Waals surface area contributed by atoms with Crippen LogP contribution < -0.4 is 0 Å². The lowest BCUT2D eigenvalue weighted by atomic mass is 10.0. The van der Waals surface area contributed by atoms with Gasteiger partial charge in [0.2, 0.25) is 0 Å². The standard InChI is InChI=1S/C51H98O6/c1-4-7-10-13-16-19-21-23-24-25-26-27-29-30-32-35-38-41-44-50(53)56-47-48(46-55-49(52)43-40-37-34-18-15-12-9-6-3)57-51(54)45-42-39-36-33-31-28-22-20-17-14-11-8-5-2/h48H,4-47H2,1-3H3. The lowest BCUT2D eigenvalue weighted by molar-refractivity contribution is -0.167. The average Bonchev–Trinajstić information content (AvgIpc) is 3.21. The molecule has 0 radical (unpaired) electrons. The molecule has 0 bridgehead atoms. The number of carbonyl (C=O) groups is 3. The van der Waals surface area contributed by atoms with Crippen LogP contribution in [0.3, 0.4) is 0 Å². The quantitative estimate of drug-likeness (QED) is 0.0346. The zero-order valence-corrected chi connectivity index (χ0v) is 38.6. The van der Waals surface area contributed by atoms with Crippen LogP contribution in [0.5, 0.6) is 0 Å². The second-order valence-electron chi connectivity index (χ2n) is 17.5. The number of hydrogen-bond acceptors (Lipinski definition) is 6. The molecule has 6 heteroatoms. The maximum atomic E-state index is 12.7. The van der Waals surface area contributed by atoms with Gasteiger partial charge in [-0.25, -0.2) is 0 Å². The molecule has 0 aromatic carbocycles. The average molecular weight is 807 g/mol. The highest BCUT2D eigenvalue weighted by molar-refractivity contribution is 5.71. The SMILES string of the molecule is CCCCCCCCCCCCCCCCCCCCC(=O)OCC(COC(=O)CCCCCCCCCC)OC(=O)CCCCCCCCCCCCCCC. The first-order chi connectivity index (χ1) is 28.0.